The Bertz CT molecular complexity index is 332. The molecule has 3 N–H and O–H groups in total. The van der Waals surface area contributed by atoms with Crippen molar-refractivity contribution in [2.75, 3.05) is 12.5 Å². The Morgan fingerprint density at radius 3 is 2.27 bits per heavy atom. The van der Waals surface area contributed by atoms with E-state index in [0.29, 0.717) is 5.56 Å². The van der Waals surface area contributed by atoms with Crippen LogP contribution in [0.2, 0.25) is 0 Å². The normalized spacial score (nSPS) is 10.2. The molecule has 0 heterocycles. The molecule has 15 heavy (non-hydrogen) atoms. The predicted molar refractivity (Wildman–Crippen MR) is 61.5 cm³/mol. The van der Waals surface area contributed by atoms with Gasteiger partial charge in [0, 0.05) is 24.3 Å². The molecule has 0 atom stereocenters. The first-order chi connectivity index (χ1) is 7.06. The summed E-state index contributed by atoms with van der Waals surface area (Å²) in [5.74, 6) is 5.26. The fourth-order valence-electron chi connectivity index (χ4n) is 1.15. The highest BCUT2D eigenvalue weighted by atomic mass is 16.2. The average molecular weight is 207 g/mol. The summed E-state index contributed by atoms with van der Waals surface area (Å²) in [6.45, 7) is 3.96. The number of amides is 1. The average Bonchev–Trinajstić information content (AvgIpc) is 2.27. The Morgan fingerprint density at radius 1 is 1.33 bits per heavy atom. The van der Waals surface area contributed by atoms with Crippen molar-refractivity contribution in [1.82, 2.24) is 4.90 Å². The molecular formula is C11H17N3O. The lowest BCUT2D eigenvalue weighted by atomic mass is 10.1. The van der Waals surface area contributed by atoms with Crippen LogP contribution in [0.15, 0.2) is 24.3 Å². The van der Waals surface area contributed by atoms with E-state index in [1.807, 2.05) is 13.8 Å². The SMILES string of the molecule is CC(C)N(C)C(=O)c1ccc(NN)cc1. The molecule has 0 bridgehead atoms. The minimum absolute atomic E-state index is 0.0218. The van der Waals surface area contributed by atoms with E-state index >= 15 is 0 Å². The third-order valence-electron chi connectivity index (χ3n) is 2.39. The molecule has 0 radical (unpaired) electrons. The molecule has 1 aromatic rings. The van der Waals surface area contributed by atoms with Gasteiger partial charge in [0.15, 0.2) is 0 Å². The van der Waals surface area contributed by atoms with Crippen molar-refractivity contribution in [3.63, 3.8) is 0 Å². The Kier molecular flexibility index (Phi) is 3.68. The van der Waals surface area contributed by atoms with Crippen LogP contribution >= 0.6 is 0 Å². The van der Waals surface area contributed by atoms with Gasteiger partial charge in [-0.1, -0.05) is 0 Å². The molecule has 0 aliphatic rings. The summed E-state index contributed by atoms with van der Waals surface area (Å²) in [6, 6.07) is 7.28. The van der Waals surface area contributed by atoms with Crippen LogP contribution in [-0.2, 0) is 0 Å². The summed E-state index contributed by atoms with van der Waals surface area (Å²) >= 11 is 0. The van der Waals surface area contributed by atoms with E-state index in [-0.39, 0.29) is 11.9 Å². The van der Waals surface area contributed by atoms with E-state index in [4.69, 9.17) is 5.84 Å². The van der Waals surface area contributed by atoms with Gasteiger partial charge < -0.3 is 10.3 Å². The molecule has 1 rings (SSSR count). The summed E-state index contributed by atoms with van der Waals surface area (Å²) in [7, 11) is 1.79. The zero-order chi connectivity index (χ0) is 11.4. The number of nitrogens with two attached hydrogens (primary N) is 1. The quantitative estimate of drug-likeness (QED) is 0.582. The van der Waals surface area contributed by atoms with Gasteiger partial charge in [0.1, 0.15) is 0 Å². The second kappa shape index (κ2) is 4.79. The van der Waals surface area contributed by atoms with Crippen LogP contribution in [0.4, 0.5) is 5.69 Å². The molecule has 4 nitrogen and oxygen atoms in total. The number of anilines is 1. The first kappa shape index (κ1) is 11.5. The Labute approximate surface area is 90.0 Å². The number of nitrogens with zero attached hydrogens (tertiary/aromatic N) is 1. The van der Waals surface area contributed by atoms with Gasteiger partial charge in [-0.05, 0) is 38.1 Å². The molecular weight excluding hydrogens is 190 g/mol. The van der Waals surface area contributed by atoms with Crippen LogP contribution in [0.1, 0.15) is 24.2 Å². The van der Waals surface area contributed by atoms with E-state index in [1.165, 1.54) is 0 Å². The van der Waals surface area contributed by atoms with Crippen molar-refractivity contribution < 1.29 is 4.79 Å². The number of hydrazine groups is 1. The number of carbonyl (C=O) groups is 1. The predicted octanol–water partition coefficient (Wildman–Crippen LogP) is 1.45. The standard InChI is InChI=1S/C11H17N3O/c1-8(2)14(3)11(15)9-4-6-10(13-12)7-5-9/h4-8,13H,12H2,1-3H3. The Morgan fingerprint density at radius 2 is 1.87 bits per heavy atom. The number of nitrogens with one attached hydrogen (secondary N) is 1. The van der Waals surface area contributed by atoms with E-state index in [2.05, 4.69) is 5.43 Å². The molecule has 0 saturated carbocycles. The van der Waals surface area contributed by atoms with Gasteiger partial charge in [0.2, 0.25) is 0 Å². The van der Waals surface area contributed by atoms with E-state index in [9.17, 15) is 4.79 Å². The molecule has 0 saturated heterocycles. The largest absolute Gasteiger partial charge is 0.339 e. The summed E-state index contributed by atoms with van der Waals surface area (Å²) in [6.07, 6.45) is 0. The first-order valence-electron chi connectivity index (χ1n) is 4.90. The third-order valence-corrected chi connectivity index (χ3v) is 2.39. The molecule has 1 amide bonds. The van der Waals surface area contributed by atoms with Crippen LogP contribution in [0.3, 0.4) is 0 Å². The fraction of sp³-hybridized carbons (Fsp3) is 0.364. The van der Waals surface area contributed by atoms with Gasteiger partial charge in [0.05, 0.1) is 0 Å². The molecule has 0 aromatic heterocycles. The smallest absolute Gasteiger partial charge is 0.253 e. The summed E-state index contributed by atoms with van der Waals surface area (Å²) in [5, 5.41) is 0. The van der Waals surface area contributed by atoms with Crippen molar-refractivity contribution >= 4 is 11.6 Å². The van der Waals surface area contributed by atoms with Crippen molar-refractivity contribution in [3.05, 3.63) is 29.8 Å². The minimum atomic E-state index is 0.0218. The van der Waals surface area contributed by atoms with Crippen molar-refractivity contribution in [2.24, 2.45) is 5.84 Å². The number of hydrogen-bond acceptors (Lipinski definition) is 3. The highest BCUT2D eigenvalue weighted by Gasteiger charge is 2.13. The van der Waals surface area contributed by atoms with Crippen LogP contribution in [0.5, 0.6) is 0 Å². The van der Waals surface area contributed by atoms with Gasteiger partial charge in [-0.25, -0.2) is 0 Å². The monoisotopic (exact) mass is 207 g/mol. The lowest BCUT2D eigenvalue weighted by molar-refractivity contribution is 0.0755. The molecule has 4 heteroatoms. The van der Waals surface area contributed by atoms with Crippen molar-refractivity contribution in [2.45, 2.75) is 19.9 Å². The Balaban J connectivity index is 2.83. The summed E-state index contributed by atoms with van der Waals surface area (Å²) < 4.78 is 0. The van der Waals surface area contributed by atoms with Crippen LogP contribution in [0.25, 0.3) is 0 Å². The van der Waals surface area contributed by atoms with Gasteiger partial charge in [-0.2, -0.15) is 0 Å². The van der Waals surface area contributed by atoms with Gasteiger partial charge in [0.25, 0.3) is 5.91 Å². The highest BCUT2D eigenvalue weighted by molar-refractivity contribution is 5.94. The summed E-state index contributed by atoms with van der Waals surface area (Å²) in [5.41, 5.74) is 3.98. The number of hydrogen-bond donors (Lipinski definition) is 2. The molecule has 0 aliphatic heterocycles. The molecule has 0 unspecified atom stereocenters. The van der Waals surface area contributed by atoms with Crippen LogP contribution in [-0.4, -0.2) is 23.9 Å². The van der Waals surface area contributed by atoms with Crippen molar-refractivity contribution in [1.29, 1.82) is 0 Å². The fourth-order valence-corrected chi connectivity index (χ4v) is 1.15. The van der Waals surface area contributed by atoms with E-state index in [1.54, 1.807) is 36.2 Å². The van der Waals surface area contributed by atoms with E-state index < -0.39 is 0 Å². The second-order valence-electron chi connectivity index (χ2n) is 3.73. The summed E-state index contributed by atoms with van der Waals surface area (Å²) in [4.78, 5) is 13.6. The molecule has 1 aromatic carbocycles. The number of carbonyl (C=O) groups excluding carboxylic acids is 1. The maximum Gasteiger partial charge on any atom is 0.253 e. The lowest BCUT2D eigenvalue weighted by Crippen LogP contribution is -2.32. The van der Waals surface area contributed by atoms with Gasteiger partial charge >= 0.3 is 0 Å². The number of rotatable bonds is 3. The Hall–Kier alpha value is -1.55. The van der Waals surface area contributed by atoms with Gasteiger partial charge in [-0.15, -0.1) is 0 Å². The minimum Gasteiger partial charge on any atom is -0.339 e. The number of benzene rings is 1. The second-order valence-corrected chi connectivity index (χ2v) is 3.73. The van der Waals surface area contributed by atoms with Crippen LogP contribution in [0, 0.1) is 0 Å². The number of nitrogen functional groups attached to an aromatic ring is 1. The molecule has 0 aliphatic carbocycles. The van der Waals surface area contributed by atoms with Crippen molar-refractivity contribution in [3.8, 4) is 0 Å². The maximum absolute atomic E-state index is 11.9. The molecule has 0 fully saturated rings. The highest BCUT2D eigenvalue weighted by Crippen LogP contribution is 2.10. The maximum atomic E-state index is 11.9. The van der Waals surface area contributed by atoms with Crippen LogP contribution < -0.4 is 11.3 Å². The molecule has 82 valence electrons. The lowest BCUT2D eigenvalue weighted by Gasteiger charge is -2.21. The van der Waals surface area contributed by atoms with E-state index in [0.717, 1.165) is 5.69 Å². The zero-order valence-corrected chi connectivity index (χ0v) is 9.32. The third kappa shape index (κ3) is 2.70. The van der Waals surface area contributed by atoms with Gasteiger partial charge in [-0.3, -0.25) is 10.6 Å². The first-order valence-corrected chi connectivity index (χ1v) is 4.90. The molecule has 0 spiro atoms. The zero-order valence-electron chi connectivity index (χ0n) is 9.32. The topological polar surface area (TPSA) is 58.4 Å².